The van der Waals surface area contributed by atoms with Crippen LogP contribution in [0.3, 0.4) is 0 Å². The van der Waals surface area contributed by atoms with E-state index in [4.69, 9.17) is 16.1 Å². The number of aryl methyl sites for hydroxylation is 2. The smallest absolute Gasteiger partial charge is 0.226 e. The van der Waals surface area contributed by atoms with Gasteiger partial charge in [-0.15, -0.1) is 0 Å². The van der Waals surface area contributed by atoms with E-state index < -0.39 is 0 Å². The van der Waals surface area contributed by atoms with Crippen LogP contribution in [0.25, 0.3) is 11.4 Å². The van der Waals surface area contributed by atoms with Crippen molar-refractivity contribution < 1.29 is 9.32 Å². The Morgan fingerprint density at radius 2 is 1.81 bits per heavy atom. The molecule has 0 saturated carbocycles. The molecular formula is C20H20ClN3O2. The molecule has 5 nitrogen and oxygen atoms in total. The molecule has 134 valence electrons. The van der Waals surface area contributed by atoms with Gasteiger partial charge in [-0.3, -0.25) is 4.79 Å². The van der Waals surface area contributed by atoms with Crippen molar-refractivity contribution in [3.8, 4) is 11.4 Å². The van der Waals surface area contributed by atoms with Gasteiger partial charge in [-0.1, -0.05) is 34.5 Å². The van der Waals surface area contributed by atoms with Crippen LogP contribution in [0.15, 0.2) is 53.1 Å². The molecule has 1 aromatic heterocycles. The average molecular weight is 370 g/mol. The van der Waals surface area contributed by atoms with Gasteiger partial charge in [0.25, 0.3) is 0 Å². The molecule has 0 aliphatic carbocycles. The predicted molar refractivity (Wildman–Crippen MR) is 102 cm³/mol. The van der Waals surface area contributed by atoms with Crippen LogP contribution in [-0.2, 0) is 11.2 Å². The Morgan fingerprint density at radius 3 is 2.50 bits per heavy atom. The summed E-state index contributed by atoms with van der Waals surface area (Å²) in [6, 6.07) is 15.1. The number of rotatable bonds is 6. The van der Waals surface area contributed by atoms with Gasteiger partial charge >= 0.3 is 0 Å². The number of nitrogens with zero attached hydrogens (tertiary/aromatic N) is 3. The molecule has 1 amide bonds. The summed E-state index contributed by atoms with van der Waals surface area (Å²) in [4.78, 5) is 18.4. The van der Waals surface area contributed by atoms with Crippen LogP contribution in [0.1, 0.15) is 24.3 Å². The quantitative estimate of drug-likeness (QED) is 0.632. The SMILES string of the molecule is Cc1ccc(N(C)C(=O)CCCc2nc(-c3ccc(Cl)cc3)no2)cc1. The molecule has 3 aromatic rings. The topological polar surface area (TPSA) is 59.2 Å². The Morgan fingerprint density at radius 1 is 1.12 bits per heavy atom. The van der Waals surface area contributed by atoms with E-state index in [1.807, 2.05) is 43.3 Å². The lowest BCUT2D eigenvalue weighted by molar-refractivity contribution is -0.118. The first-order chi connectivity index (χ1) is 12.5. The lowest BCUT2D eigenvalue weighted by Crippen LogP contribution is -2.25. The number of carbonyl (C=O) groups excluding carboxylic acids is 1. The summed E-state index contributed by atoms with van der Waals surface area (Å²) in [7, 11) is 1.79. The van der Waals surface area contributed by atoms with Crippen LogP contribution in [0.4, 0.5) is 5.69 Å². The van der Waals surface area contributed by atoms with Gasteiger partial charge in [0.2, 0.25) is 17.6 Å². The van der Waals surface area contributed by atoms with Crippen molar-refractivity contribution in [1.29, 1.82) is 0 Å². The third-order valence-electron chi connectivity index (χ3n) is 4.15. The van der Waals surface area contributed by atoms with Crippen LogP contribution in [-0.4, -0.2) is 23.1 Å². The molecule has 0 aliphatic heterocycles. The minimum absolute atomic E-state index is 0.0614. The van der Waals surface area contributed by atoms with Crippen LogP contribution in [0.5, 0.6) is 0 Å². The van der Waals surface area contributed by atoms with Crippen molar-refractivity contribution in [2.45, 2.75) is 26.2 Å². The Balaban J connectivity index is 1.52. The molecule has 6 heteroatoms. The van der Waals surface area contributed by atoms with Gasteiger partial charge in [-0.05, 0) is 49.7 Å². The van der Waals surface area contributed by atoms with E-state index in [-0.39, 0.29) is 5.91 Å². The maximum absolute atomic E-state index is 12.3. The van der Waals surface area contributed by atoms with E-state index in [9.17, 15) is 4.79 Å². The number of anilines is 1. The van der Waals surface area contributed by atoms with Crippen LogP contribution >= 0.6 is 11.6 Å². The van der Waals surface area contributed by atoms with Gasteiger partial charge in [0, 0.05) is 36.2 Å². The highest BCUT2D eigenvalue weighted by Crippen LogP contribution is 2.19. The Hall–Kier alpha value is -2.66. The number of halogens is 1. The summed E-state index contributed by atoms with van der Waals surface area (Å²) in [6.07, 6.45) is 1.63. The molecule has 0 spiro atoms. The number of carbonyl (C=O) groups is 1. The molecule has 26 heavy (non-hydrogen) atoms. The van der Waals surface area contributed by atoms with Crippen molar-refractivity contribution in [2.75, 3.05) is 11.9 Å². The largest absolute Gasteiger partial charge is 0.339 e. The van der Waals surface area contributed by atoms with Crippen molar-refractivity contribution in [3.63, 3.8) is 0 Å². The zero-order valence-corrected chi connectivity index (χ0v) is 15.5. The normalized spacial score (nSPS) is 10.7. The fraction of sp³-hybridized carbons (Fsp3) is 0.250. The third-order valence-corrected chi connectivity index (χ3v) is 4.40. The zero-order valence-electron chi connectivity index (χ0n) is 14.8. The van der Waals surface area contributed by atoms with E-state index >= 15 is 0 Å². The van der Waals surface area contributed by atoms with Crippen LogP contribution in [0, 0.1) is 6.92 Å². The average Bonchev–Trinajstić information content (AvgIpc) is 3.11. The number of benzene rings is 2. The highest BCUT2D eigenvalue weighted by molar-refractivity contribution is 6.30. The summed E-state index contributed by atoms with van der Waals surface area (Å²) in [5, 5.41) is 4.64. The van der Waals surface area contributed by atoms with Gasteiger partial charge in [0.1, 0.15) is 0 Å². The second-order valence-electron chi connectivity index (χ2n) is 6.16. The van der Waals surface area contributed by atoms with Crippen molar-refractivity contribution in [1.82, 2.24) is 10.1 Å². The van der Waals surface area contributed by atoms with Crippen LogP contribution < -0.4 is 4.90 Å². The molecule has 0 aliphatic rings. The minimum Gasteiger partial charge on any atom is -0.339 e. The lowest BCUT2D eigenvalue weighted by Gasteiger charge is -2.17. The van der Waals surface area contributed by atoms with Crippen LogP contribution in [0.2, 0.25) is 5.02 Å². The first kappa shape index (κ1) is 18.1. The van der Waals surface area contributed by atoms with Gasteiger partial charge < -0.3 is 9.42 Å². The molecule has 2 aromatic carbocycles. The second kappa shape index (κ2) is 8.15. The van der Waals surface area contributed by atoms with E-state index in [0.717, 1.165) is 11.3 Å². The molecule has 0 saturated heterocycles. The molecule has 0 bridgehead atoms. The molecule has 1 heterocycles. The second-order valence-corrected chi connectivity index (χ2v) is 6.60. The van der Waals surface area contributed by atoms with Gasteiger partial charge in [0.05, 0.1) is 0 Å². The highest BCUT2D eigenvalue weighted by atomic mass is 35.5. The summed E-state index contributed by atoms with van der Waals surface area (Å²) in [5.41, 5.74) is 2.91. The maximum Gasteiger partial charge on any atom is 0.226 e. The number of hydrogen-bond acceptors (Lipinski definition) is 4. The summed E-state index contributed by atoms with van der Waals surface area (Å²) in [6.45, 7) is 2.02. The molecule has 0 fully saturated rings. The Labute approximate surface area is 157 Å². The van der Waals surface area contributed by atoms with Gasteiger partial charge in [-0.25, -0.2) is 0 Å². The van der Waals surface area contributed by atoms with E-state index in [0.29, 0.717) is 36.0 Å². The Bertz CT molecular complexity index is 873. The summed E-state index contributed by atoms with van der Waals surface area (Å²) >= 11 is 5.88. The molecule has 0 N–H and O–H groups in total. The fourth-order valence-corrected chi connectivity index (χ4v) is 2.67. The number of aromatic nitrogens is 2. The minimum atomic E-state index is 0.0614. The highest BCUT2D eigenvalue weighted by Gasteiger charge is 2.13. The predicted octanol–water partition coefficient (Wildman–Crippen LogP) is 4.68. The monoisotopic (exact) mass is 369 g/mol. The van der Waals surface area contributed by atoms with Crippen molar-refractivity contribution >= 4 is 23.2 Å². The number of amides is 1. The molecule has 3 rings (SSSR count). The van der Waals surface area contributed by atoms with Crippen molar-refractivity contribution in [3.05, 3.63) is 65.0 Å². The summed E-state index contributed by atoms with van der Waals surface area (Å²) in [5.74, 6) is 1.12. The number of hydrogen-bond donors (Lipinski definition) is 0. The zero-order chi connectivity index (χ0) is 18.5. The standard InChI is InChI=1S/C20H20ClN3O2/c1-14-6-12-17(13-7-14)24(2)19(25)5-3-4-18-22-20(23-26-18)15-8-10-16(21)11-9-15/h6-13H,3-5H2,1-2H3. The first-order valence-electron chi connectivity index (χ1n) is 8.44. The fourth-order valence-electron chi connectivity index (χ4n) is 2.54. The molecule has 0 unspecified atom stereocenters. The summed E-state index contributed by atoms with van der Waals surface area (Å²) < 4.78 is 5.27. The Kier molecular flexibility index (Phi) is 5.68. The van der Waals surface area contributed by atoms with Gasteiger partial charge in [0.15, 0.2) is 0 Å². The molecular weight excluding hydrogens is 350 g/mol. The van der Waals surface area contributed by atoms with E-state index in [2.05, 4.69) is 10.1 Å². The lowest BCUT2D eigenvalue weighted by atomic mass is 10.2. The third kappa shape index (κ3) is 4.49. The molecule has 0 radical (unpaired) electrons. The van der Waals surface area contributed by atoms with Crippen molar-refractivity contribution in [2.24, 2.45) is 0 Å². The van der Waals surface area contributed by atoms with Gasteiger partial charge in [-0.2, -0.15) is 4.98 Å². The first-order valence-corrected chi connectivity index (χ1v) is 8.82. The van der Waals surface area contributed by atoms with E-state index in [1.165, 1.54) is 5.56 Å². The maximum atomic E-state index is 12.3. The van der Waals surface area contributed by atoms with E-state index in [1.54, 1.807) is 24.1 Å². The molecule has 0 atom stereocenters.